The van der Waals surface area contributed by atoms with Crippen molar-refractivity contribution >= 4 is 22.4 Å². The van der Waals surface area contributed by atoms with Crippen molar-refractivity contribution in [3.63, 3.8) is 0 Å². The van der Waals surface area contributed by atoms with Gasteiger partial charge in [-0.15, -0.1) is 11.3 Å². The van der Waals surface area contributed by atoms with Crippen molar-refractivity contribution in [1.29, 1.82) is 0 Å². The standard InChI is InChI=1S/C12H10N2O2S/c15-9-1-2-10-8(7-9)3-5-14(11(10)16)12-13-4-6-17-12/h1-2,4,6-7,15H,3,5H2. The number of amides is 1. The molecule has 1 amide bonds. The first-order valence-corrected chi connectivity index (χ1v) is 6.17. The number of nitrogens with zero attached hydrogens (tertiary/aromatic N) is 2. The maximum atomic E-state index is 12.2. The molecule has 0 atom stereocenters. The van der Waals surface area contributed by atoms with Gasteiger partial charge in [0.05, 0.1) is 0 Å². The summed E-state index contributed by atoms with van der Waals surface area (Å²) in [5.74, 6) is 0.167. The Hall–Kier alpha value is -1.88. The number of phenolic OH excluding ortho intramolecular Hbond substituents is 1. The Kier molecular flexibility index (Phi) is 2.33. The summed E-state index contributed by atoms with van der Waals surface area (Å²) in [6.07, 6.45) is 2.44. The molecule has 0 aliphatic carbocycles. The molecule has 0 saturated carbocycles. The van der Waals surface area contributed by atoms with Gasteiger partial charge < -0.3 is 5.11 Å². The number of phenols is 1. The minimum atomic E-state index is -0.0406. The monoisotopic (exact) mass is 246 g/mol. The van der Waals surface area contributed by atoms with Gasteiger partial charge in [0.25, 0.3) is 5.91 Å². The van der Waals surface area contributed by atoms with Crippen LogP contribution in [-0.4, -0.2) is 22.5 Å². The van der Waals surface area contributed by atoms with E-state index >= 15 is 0 Å². The zero-order valence-electron chi connectivity index (χ0n) is 8.96. The molecule has 0 bridgehead atoms. The average molecular weight is 246 g/mol. The highest BCUT2D eigenvalue weighted by Crippen LogP contribution is 2.27. The van der Waals surface area contributed by atoms with Crippen LogP contribution >= 0.6 is 11.3 Å². The third-order valence-electron chi connectivity index (χ3n) is 2.82. The summed E-state index contributed by atoms with van der Waals surface area (Å²) in [6, 6.07) is 4.88. The molecule has 1 aliphatic rings. The van der Waals surface area contributed by atoms with Crippen LogP contribution in [0.4, 0.5) is 5.13 Å². The van der Waals surface area contributed by atoms with Gasteiger partial charge in [-0.3, -0.25) is 9.69 Å². The molecule has 1 aliphatic heterocycles. The Morgan fingerprint density at radius 3 is 3.06 bits per heavy atom. The summed E-state index contributed by atoms with van der Waals surface area (Å²) >= 11 is 1.46. The van der Waals surface area contributed by atoms with Gasteiger partial charge in [-0.25, -0.2) is 4.98 Å². The van der Waals surface area contributed by atoms with Crippen LogP contribution < -0.4 is 4.90 Å². The molecule has 0 saturated heterocycles. The van der Waals surface area contributed by atoms with Crippen molar-refractivity contribution in [2.24, 2.45) is 0 Å². The number of benzene rings is 1. The van der Waals surface area contributed by atoms with Crippen LogP contribution in [0.1, 0.15) is 15.9 Å². The molecule has 1 aromatic carbocycles. The number of hydrogen-bond donors (Lipinski definition) is 1. The molecule has 1 aromatic heterocycles. The molecule has 0 fully saturated rings. The number of rotatable bonds is 1. The van der Waals surface area contributed by atoms with E-state index in [2.05, 4.69) is 4.98 Å². The molecule has 1 N–H and O–H groups in total. The fourth-order valence-electron chi connectivity index (χ4n) is 2.01. The molecular weight excluding hydrogens is 236 g/mol. The van der Waals surface area contributed by atoms with Gasteiger partial charge in [-0.05, 0) is 30.2 Å². The lowest BCUT2D eigenvalue weighted by Crippen LogP contribution is -2.37. The largest absolute Gasteiger partial charge is 0.508 e. The lowest BCUT2D eigenvalue weighted by atomic mass is 9.99. The number of carbonyl (C=O) groups is 1. The average Bonchev–Trinajstić information content (AvgIpc) is 2.82. The van der Waals surface area contributed by atoms with E-state index in [0.717, 1.165) is 17.1 Å². The van der Waals surface area contributed by atoms with Crippen molar-refractivity contribution in [2.75, 3.05) is 11.4 Å². The highest BCUT2D eigenvalue weighted by molar-refractivity contribution is 7.13. The summed E-state index contributed by atoms with van der Waals surface area (Å²) in [6.45, 7) is 0.614. The number of anilines is 1. The van der Waals surface area contributed by atoms with Crippen molar-refractivity contribution in [2.45, 2.75) is 6.42 Å². The fraction of sp³-hybridized carbons (Fsp3) is 0.167. The van der Waals surface area contributed by atoms with Crippen LogP contribution in [0, 0.1) is 0 Å². The Balaban J connectivity index is 2.01. The van der Waals surface area contributed by atoms with Gasteiger partial charge in [0.15, 0.2) is 5.13 Å². The van der Waals surface area contributed by atoms with Crippen LogP contribution in [-0.2, 0) is 6.42 Å². The second-order valence-electron chi connectivity index (χ2n) is 3.86. The summed E-state index contributed by atoms with van der Waals surface area (Å²) in [5, 5.41) is 12.0. The van der Waals surface area contributed by atoms with E-state index in [1.807, 2.05) is 5.38 Å². The quantitative estimate of drug-likeness (QED) is 0.837. The summed E-state index contributed by atoms with van der Waals surface area (Å²) in [4.78, 5) is 18.1. The molecular formula is C12H10N2O2S. The molecule has 17 heavy (non-hydrogen) atoms. The van der Waals surface area contributed by atoms with E-state index in [-0.39, 0.29) is 11.7 Å². The first kappa shape index (κ1) is 10.3. The molecule has 2 heterocycles. The lowest BCUT2D eigenvalue weighted by Gasteiger charge is -2.26. The molecule has 5 heteroatoms. The molecule has 2 aromatic rings. The lowest BCUT2D eigenvalue weighted by molar-refractivity contribution is 0.0980. The topological polar surface area (TPSA) is 53.4 Å². The molecule has 3 rings (SSSR count). The zero-order chi connectivity index (χ0) is 11.8. The van der Waals surface area contributed by atoms with E-state index in [1.54, 1.807) is 29.3 Å². The third kappa shape index (κ3) is 1.68. The number of carbonyl (C=O) groups excluding carboxylic acids is 1. The van der Waals surface area contributed by atoms with E-state index in [1.165, 1.54) is 11.3 Å². The van der Waals surface area contributed by atoms with Gasteiger partial charge in [0.2, 0.25) is 0 Å². The Morgan fingerprint density at radius 2 is 2.29 bits per heavy atom. The van der Waals surface area contributed by atoms with Crippen LogP contribution in [0.2, 0.25) is 0 Å². The number of aromatic hydroxyl groups is 1. The first-order chi connectivity index (χ1) is 8.25. The predicted octanol–water partition coefficient (Wildman–Crippen LogP) is 2.05. The van der Waals surface area contributed by atoms with Crippen LogP contribution in [0.15, 0.2) is 29.8 Å². The molecule has 86 valence electrons. The molecule has 0 radical (unpaired) electrons. The molecule has 4 nitrogen and oxygen atoms in total. The van der Waals surface area contributed by atoms with E-state index in [9.17, 15) is 9.90 Å². The van der Waals surface area contributed by atoms with Gasteiger partial charge >= 0.3 is 0 Å². The van der Waals surface area contributed by atoms with Gasteiger partial charge in [0, 0.05) is 23.7 Å². The second kappa shape index (κ2) is 3.85. The molecule has 0 unspecified atom stereocenters. The maximum Gasteiger partial charge on any atom is 0.260 e. The zero-order valence-corrected chi connectivity index (χ0v) is 9.78. The smallest absolute Gasteiger partial charge is 0.260 e. The van der Waals surface area contributed by atoms with Crippen LogP contribution in [0.5, 0.6) is 5.75 Å². The van der Waals surface area contributed by atoms with E-state index in [4.69, 9.17) is 0 Å². The predicted molar refractivity (Wildman–Crippen MR) is 65.6 cm³/mol. The van der Waals surface area contributed by atoms with Crippen molar-refractivity contribution < 1.29 is 9.90 Å². The van der Waals surface area contributed by atoms with Crippen molar-refractivity contribution in [3.05, 3.63) is 40.9 Å². The highest BCUT2D eigenvalue weighted by Gasteiger charge is 2.26. The Morgan fingerprint density at radius 1 is 1.41 bits per heavy atom. The summed E-state index contributed by atoms with van der Waals surface area (Å²) in [7, 11) is 0. The highest BCUT2D eigenvalue weighted by atomic mass is 32.1. The third-order valence-corrected chi connectivity index (χ3v) is 3.61. The van der Waals surface area contributed by atoms with E-state index in [0.29, 0.717) is 12.1 Å². The van der Waals surface area contributed by atoms with Gasteiger partial charge in [-0.1, -0.05) is 0 Å². The SMILES string of the molecule is O=C1c2ccc(O)cc2CCN1c1nccs1. The summed E-state index contributed by atoms with van der Waals surface area (Å²) in [5.41, 5.74) is 1.56. The number of fused-ring (bicyclic) bond motifs is 1. The fourth-order valence-corrected chi connectivity index (χ4v) is 2.67. The Labute approximate surface area is 102 Å². The van der Waals surface area contributed by atoms with E-state index < -0.39 is 0 Å². The Bertz CT molecular complexity index is 566. The second-order valence-corrected chi connectivity index (χ2v) is 4.74. The minimum absolute atomic E-state index is 0.0406. The van der Waals surface area contributed by atoms with Crippen molar-refractivity contribution in [1.82, 2.24) is 4.98 Å². The normalized spacial score (nSPS) is 14.8. The minimum Gasteiger partial charge on any atom is -0.508 e. The first-order valence-electron chi connectivity index (χ1n) is 5.29. The number of thiazole rings is 1. The number of hydrogen-bond acceptors (Lipinski definition) is 4. The van der Waals surface area contributed by atoms with Crippen LogP contribution in [0.25, 0.3) is 0 Å². The number of aromatic nitrogens is 1. The molecule has 0 spiro atoms. The summed E-state index contributed by atoms with van der Waals surface area (Å²) < 4.78 is 0. The van der Waals surface area contributed by atoms with Crippen LogP contribution in [0.3, 0.4) is 0 Å². The van der Waals surface area contributed by atoms with Gasteiger partial charge in [-0.2, -0.15) is 0 Å². The maximum absolute atomic E-state index is 12.2. The van der Waals surface area contributed by atoms with Gasteiger partial charge in [0.1, 0.15) is 5.75 Å². The van der Waals surface area contributed by atoms with Crippen molar-refractivity contribution in [3.8, 4) is 5.75 Å².